The number of nitrogens with zero attached hydrogens (tertiary/aromatic N) is 3. The van der Waals surface area contributed by atoms with Crippen molar-refractivity contribution >= 4 is 39.5 Å². The van der Waals surface area contributed by atoms with Crippen LogP contribution in [0.4, 0.5) is 11.8 Å². The van der Waals surface area contributed by atoms with Crippen LogP contribution in [0.3, 0.4) is 0 Å². The molecule has 19 heavy (non-hydrogen) atoms. The molecular weight excluding hydrogens is 326 g/mol. The minimum absolute atomic E-state index is 0.265. The Hall–Kier alpha value is -1.34. The summed E-state index contributed by atoms with van der Waals surface area (Å²) < 4.78 is 0.948. The third-order valence-corrected chi connectivity index (χ3v) is 3.52. The average molecular weight is 340 g/mol. The van der Waals surface area contributed by atoms with E-state index in [0.717, 1.165) is 33.3 Å². The second-order valence-electron chi connectivity index (χ2n) is 3.79. The molecule has 0 aliphatic heterocycles. The SMILES string of the molecule is CCCNc1cc(Sc2ccc(Br)cn2)nc(N)n1. The molecule has 0 aromatic carbocycles. The van der Waals surface area contributed by atoms with E-state index in [1.807, 2.05) is 18.2 Å². The van der Waals surface area contributed by atoms with Crippen molar-refractivity contribution in [1.82, 2.24) is 15.0 Å². The van der Waals surface area contributed by atoms with Crippen molar-refractivity contribution in [1.29, 1.82) is 0 Å². The van der Waals surface area contributed by atoms with Crippen molar-refractivity contribution in [2.45, 2.75) is 23.4 Å². The van der Waals surface area contributed by atoms with E-state index >= 15 is 0 Å². The summed E-state index contributed by atoms with van der Waals surface area (Å²) >= 11 is 4.81. The smallest absolute Gasteiger partial charge is 0.223 e. The average Bonchev–Trinajstić information content (AvgIpc) is 2.38. The van der Waals surface area contributed by atoms with Crippen LogP contribution in [0.5, 0.6) is 0 Å². The van der Waals surface area contributed by atoms with Gasteiger partial charge >= 0.3 is 0 Å². The molecule has 2 aromatic heterocycles. The van der Waals surface area contributed by atoms with Gasteiger partial charge in [0.25, 0.3) is 0 Å². The summed E-state index contributed by atoms with van der Waals surface area (Å²) in [5.41, 5.74) is 5.71. The lowest BCUT2D eigenvalue weighted by molar-refractivity contribution is 0.956. The summed E-state index contributed by atoms with van der Waals surface area (Å²) in [5, 5.41) is 4.84. The molecule has 0 bridgehead atoms. The first-order valence-corrected chi connectivity index (χ1v) is 7.46. The highest BCUT2D eigenvalue weighted by Crippen LogP contribution is 2.26. The Balaban J connectivity index is 2.15. The monoisotopic (exact) mass is 339 g/mol. The zero-order chi connectivity index (χ0) is 13.7. The Morgan fingerprint density at radius 2 is 2.16 bits per heavy atom. The van der Waals surface area contributed by atoms with E-state index in [1.54, 1.807) is 6.20 Å². The van der Waals surface area contributed by atoms with Gasteiger partial charge in [-0.25, -0.2) is 9.97 Å². The van der Waals surface area contributed by atoms with Crippen LogP contribution in [0, 0.1) is 0 Å². The molecule has 2 aromatic rings. The minimum atomic E-state index is 0.265. The van der Waals surface area contributed by atoms with Gasteiger partial charge in [-0.2, -0.15) is 4.98 Å². The molecule has 0 radical (unpaired) electrons. The van der Waals surface area contributed by atoms with Gasteiger partial charge in [0.15, 0.2) is 0 Å². The molecular formula is C12H14BrN5S. The molecule has 0 saturated carbocycles. The molecule has 2 rings (SSSR count). The number of halogens is 1. The minimum Gasteiger partial charge on any atom is -0.370 e. The van der Waals surface area contributed by atoms with E-state index in [-0.39, 0.29) is 5.95 Å². The van der Waals surface area contributed by atoms with E-state index in [4.69, 9.17) is 5.73 Å². The van der Waals surface area contributed by atoms with Gasteiger partial charge in [-0.3, -0.25) is 0 Å². The summed E-state index contributed by atoms with van der Waals surface area (Å²) in [6.07, 6.45) is 2.78. The van der Waals surface area contributed by atoms with Gasteiger partial charge in [0.05, 0.1) is 0 Å². The number of pyridine rings is 1. The van der Waals surface area contributed by atoms with Gasteiger partial charge in [-0.1, -0.05) is 6.92 Å². The van der Waals surface area contributed by atoms with Gasteiger partial charge in [0, 0.05) is 23.3 Å². The number of hydrogen-bond donors (Lipinski definition) is 2. The summed E-state index contributed by atoms with van der Waals surface area (Å²) in [6, 6.07) is 5.74. The molecule has 3 N–H and O–H groups in total. The quantitative estimate of drug-likeness (QED) is 0.814. The summed E-state index contributed by atoms with van der Waals surface area (Å²) in [4.78, 5) is 12.6. The number of nitrogens with one attached hydrogen (secondary N) is 1. The van der Waals surface area contributed by atoms with Crippen molar-refractivity contribution in [3.05, 3.63) is 28.9 Å². The Kier molecular flexibility index (Phi) is 4.98. The molecule has 0 amide bonds. The standard InChI is InChI=1S/C12H14BrN5S/c1-2-5-15-9-6-11(18-12(14)17-9)19-10-4-3-8(13)7-16-10/h3-4,6-7H,2,5H2,1H3,(H3,14,15,17,18). The number of nitrogens with two attached hydrogens (primary N) is 1. The molecule has 5 nitrogen and oxygen atoms in total. The zero-order valence-electron chi connectivity index (χ0n) is 10.4. The fourth-order valence-corrected chi connectivity index (χ4v) is 2.37. The zero-order valence-corrected chi connectivity index (χ0v) is 12.8. The van der Waals surface area contributed by atoms with E-state index in [2.05, 4.69) is 43.1 Å². The van der Waals surface area contributed by atoms with Crippen LogP contribution in [0.1, 0.15) is 13.3 Å². The molecule has 0 atom stereocenters. The number of aromatic nitrogens is 3. The second-order valence-corrected chi connectivity index (χ2v) is 5.75. The number of nitrogen functional groups attached to an aromatic ring is 1. The first-order valence-electron chi connectivity index (χ1n) is 5.85. The van der Waals surface area contributed by atoms with Gasteiger partial charge in [-0.15, -0.1) is 0 Å². The van der Waals surface area contributed by atoms with Crippen LogP contribution < -0.4 is 11.1 Å². The molecule has 0 saturated heterocycles. The van der Waals surface area contributed by atoms with E-state index in [1.165, 1.54) is 11.8 Å². The lowest BCUT2D eigenvalue weighted by Gasteiger charge is -2.06. The highest BCUT2D eigenvalue weighted by molar-refractivity contribution is 9.10. The maximum atomic E-state index is 5.71. The number of rotatable bonds is 5. The number of hydrogen-bond acceptors (Lipinski definition) is 6. The van der Waals surface area contributed by atoms with E-state index < -0.39 is 0 Å². The summed E-state index contributed by atoms with van der Waals surface area (Å²) in [7, 11) is 0. The first kappa shape index (κ1) is 14.1. The topological polar surface area (TPSA) is 76.7 Å². The van der Waals surface area contributed by atoms with Crippen LogP contribution in [0.15, 0.2) is 38.9 Å². The van der Waals surface area contributed by atoms with Crippen LogP contribution in [0.2, 0.25) is 0 Å². The van der Waals surface area contributed by atoms with Crippen molar-refractivity contribution in [3.8, 4) is 0 Å². The highest BCUT2D eigenvalue weighted by Gasteiger charge is 2.05. The molecule has 7 heteroatoms. The third-order valence-electron chi connectivity index (χ3n) is 2.19. The Labute approximate surface area is 124 Å². The largest absolute Gasteiger partial charge is 0.370 e. The number of anilines is 2. The molecule has 100 valence electrons. The normalized spacial score (nSPS) is 10.4. The maximum absolute atomic E-state index is 5.71. The van der Waals surface area contributed by atoms with Crippen LogP contribution >= 0.6 is 27.7 Å². The first-order chi connectivity index (χ1) is 9.17. The highest BCUT2D eigenvalue weighted by atomic mass is 79.9. The molecule has 0 spiro atoms. The predicted molar refractivity (Wildman–Crippen MR) is 81.3 cm³/mol. The summed E-state index contributed by atoms with van der Waals surface area (Å²) in [6.45, 7) is 2.95. The Bertz CT molecular complexity index is 546. The Morgan fingerprint density at radius 3 is 2.84 bits per heavy atom. The van der Waals surface area contributed by atoms with Crippen molar-refractivity contribution in [2.24, 2.45) is 0 Å². The molecule has 0 aliphatic carbocycles. The van der Waals surface area contributed by atoms with Crippen molar-refractivity contribution < 1.29 is 0 Å². The van der Waals surface area contributed by atoms with Gasteiger partial charge < -0.3 is 11.1 Å². The molecule has 2 heterocycles. The van der Waals surface area contributed by atoms with Crippen molar-refractivity contribution in [3.63, 3.8) is 0 Å². The van der Waals surface area contributed by atoms with E-state index in [9.17, 15) is 0 Å². The lowest BCUT2D eigenvalue weighted by atomic mass is 10.4. The fourth-order valence-electron chi connectivity index (χ4n) is 1.37. The Morgan fingerprint density at radius 1 is 1.32 bits per heavy atom. The van der Waals surface area contributed by atoms with Gasteiger partial charge in [0.1, 0.15) is 15.9 Å². The molecule has 0 unspecified atom stereocenters. The molecule has 0 fully saturated rings. The van der Waals surface area contributed by atoms with Gasteiger partial charge in [0.2, 0.25) is 5.95 Å². The van der Waals surface area contributed by atoms with Crippen LogP contribution in [-0.4, -0.2) is 21.5 Å². The van der Waals surface area contributed by atoms with Gasteiger partial charge in [-0.05, 0) is 46.2 Å². The van der Waals surface area contributed by atoms with E-state index in [0.29, 0.717) is 0 Å². The van der Waals surface area contributed by atoms with Crippen LogP contribution in [0.25, 0.3) is 0 Å². The fraction of sp³-hybridized carbons (Fsp3) is 0.250. The lowest BCUT2D eigenvalue weighted by Crippen LogP contribution is -2.05. The van der Waals surface area contributed by atoms with Crippen molar-refractivity contribution in [2.75, 3.05) is 17.6 Å². The third kappa shape index (κ3) is 4.36. The summed E-state index contributed by atoms with van der Waals surface area (Å²) in [5.74, 6) is 1.01. The second kappa shape index (κ2) is 6.72. The molecule has 0 aliphatic rings. The van der Waals surface area contributed by atoms with Crippen LogP contribution in [-0.2, 0) is 0 Å². The predicted octanol–water partition coefficient (Wildman–Crippen LogP) is 3.19. The maximum Gasteiger partial charge on any atom is 0.223 e.